The highest BCUT2D eigenvalue weighted by Crippen LogP contribution is 2.27. The Morgan fingerprint density at radius 3 is 2.41 bits per heavy atom. The molecule has 2 aromatic heterocycles. The van der Waals surface area contributed by atoms with E-state index < -0.39 is 29.9 Å². The van der Waals surface area contributed by atoms with Crippen molar-refractivity contribution in [2.45, 2.75) is 52.8 Å². The van der Waals surface area contributed by atoms with Crippen LogP contribution in [0, 0.1) is 19.8 Å². The topological polar surface area (TPSA) is 109 Å². The molecule has 0 saturated heterocycles. The minimum absolute atomic E-state index is 0.0341. The van der Waals surface area contributed by atoms with Crippen molar-refractivity contribution in [1.82, 2.24) is 24.9 Å². The number of nitrogens with one attached hydrogen (secondary N) is 1. The highest BCUT2D eigenvalue weighted by Gasteiger charge is 2.37. The van der Waals surface area contributed by atoms with Crippen molar-refractivity contribution in [2.75, 3.05) is 0 Å². The maximum atomic E-state index is 12.8. The van der Waals surface area contributed by atoms with Crippen LogP contribution in [0.15, 0.2) is 0 Å². The molecule has 0 aliphatic carbocycles. The normalized spacial score (nSPS) is 14.2. The van der Waals surface area contributed by atoms with Gasteiger partial charge in [-0.25, -0.2) is 9.50 Å². The van der Waals surface area contributed by atoms with Crippen LogP contribution >= 0.6 is 0 Å². The Hall–Kier alpha value is -2.72. The molecule has 2 heterocycles. The van der Waals surface area contributed by atoms with Gasteiger partial charge in [-0.2, -0.15) is 18.2 Å². The molecule has 0 aliphatic heterocycles. The summed E-state index contributed by atoms with van der Waals surface area (Å²) in [7, 11) is 0. The third-order valence-corrected chi connectivity index (χ3v) is 4.43. The average molecular weight is 387 g/mol. The van der Waals surface area contributed by atoms with Crippen molar-refractivity contribution < 1.29 is 27.9 Å². The second-order valence-corrected chi connectivity index (χ2v) is 6.39. The number of nitrogens with zero attached hydrogens (tertiary/aromatic N) is 4. The fraction of sp³-hybridized carbons (Fsp3) is 0.562. The van der Waals surface area contributed by atoms with Crippen molar-refractivity contribution in [2.24, 2.45) is 5.92 Å². The summed E-state index contributed by atoms with van der Waals surface area (Å²) in [6.07, 6.45) is -4.42. The van der Waals surface area contributed by atoms with E-state index in [1.165, 1.54) is 6.92 Å². The molecule has 0 aromatic carbocycles. The van der Waals surface area contributed by atoms with E-state index >= 15 is 0 Å². The monoisotopic (exact) mass is 387 g/mol. The summed E-state index contributed by atoms with van der Waals surface area (Å²) in [6, 6.07) is -0.553. The zero-order chi connectivity index (χ0) is 20.5. The lowest BCUT2D eigenvalue weighted by Gasteiger charge is -2.18. The van der Waals surface area contributed by atoms with Crippen LogP contribution in [0.2, 0.25) is 0 Å². The van der Waals surface area contributed by atoms with E-state index in [4.69, 9.17) is 5.11 Å². The Labute approximate surface area is 152 Å². The fourth-order valence-corrected chi connectivity index (χ4v) is 2.59. The summed E-state index contributed by atoms with van der Waals surface area (Å²) in [5, 5.41) is 15.0. The maximum absolute atomic E-state index is 12.8. The van der Waals surface area contributed by atoms with E-state index in [2.05, 4.69) is 20.4 Å². The number of aryl methyl sites for hydroxylation is 2. The Morgan fingerprint density at radius 1 is 1.22 bits per heavy atom. The highest BCUT2D eigenvalue weighted by atomic mass is 19.4. The number of rotatable bonds is 6. The van der Waals surface area contributed by atoms with E-state index in [9.17, 15) is 22.8 Å². The molecule has 2 aromatic rings. The number of carbonyl (C=O) groups is 2. The molecule has 0 saturated carbocycles. The van der Waals surface area contributed by atoms with Gasteiger partial charge in [0.15, 0.2) is 0 Å². The van der Waals surface area contributed by atoms with Gasteiger partial charge in [-0.1, -0.05) is 0 Å². The third kappa shape index (κ3) is 4.52. The maximum Gasteiger partial charge on any atom is 0.453 e. The minimum atomic E-state index is -4.68. The number of hydrogen-bond acceptors (Lipinski definition) is 5. The quantitative estimate of drug-likeness (QED) is 0.784. The second kappa shape index (κ2) is 7.49. The number of carboxylic acids is 1. The molecule has 0 bridgehead atoms. The molecule has 1 amide bonds. The molecule has 0 radical (unpaired) electrons. The second-order valence-electron chi connectivity index (χ2n) is 6.39. The molecule has 0 aliphatic rings. The molecule has 2 rings (SSSR count). The molecule has 8 nitrogen and oxygen atoms in total. The Morgan fingerprint density at radius 2 is 1.85 bits per heavy atom. The number of carboxylic acid groups (broad SMARTS) is 1. The fourth-order valence-electron chi connectivity index (χ4n) is 2.59. The summed E-state index contributed by atoms with van der Waals surface area (Å²) >= 11 is 0. The van der Waals surface area contributed by atoms with Crippen LogP contribution in [0.5, 0.6) is 0 Å². The predicted octanol–water partition coefficient (Wildman–Crippen LogP) is 1.92. The van der Waals surface area contributed by atoms with Gasteiger partial charge in [0.1, 0.15) is 0 Å². The van der Waals surface area contributed by atoms with Crippen LogP contribution in [-0.2, 0) is 22.2 Å². The van der Waals surface area contributed by atoms with Crippen molar-refractivity contribution in [3.8, 4) is 0 Å². The van der Waals surface area contributed by atoms with Gasteiger partial charge in [0, 0.05) is 23.9 Å². The van der Waals surface area contributed by atoms with Gasteiger partial charge in [-0.05, 0) is 39.7 Å². The molecule has 2 atom stereocenters. The van der Waals surface area contributed by atoms with Gasteiger partial charge < -0.3 is 10.4 Å². The minimum Gasteiger partial charge on any atom is -0.481 e. The number of amides is 1. The number of fused-ring (bicyclic) bond motifs is 1. The van der Waals surface area contributed by atoms with E-state index in [0.717, 1.165) is 4.52 Å². The lowest BCUT2D eigenvalue weighted by molar-refractivity contribution is -0.145. The van der Waals surface area contributed by atoms with Gasteiger partial charge in [-0.3, -0.25) is 9.59 Å². The summed E-state index contributed by atoms with van der Waals surface area (Å²) < 4.78 is 39.4. The number of alkyl halides is 3. The zero-order valence-corrected chi connectivity index (χ0v) is 15.3. The van der Waals surface area contributed by atoms with Crippen molar-refractivity contribution >= 4 is 17.7 Å². The SMILES string of the molecule is Cc1nc2nc(C(F)(F)F)nn2c(C)c1CCC(=O)NC(C)C(C)C(=O)O. The smallest absolute Gasteiger partial charge is 0.453 e. The molecule has 0 spiro atoms. The van der Waals surface area contributed by atoms with E-state index in [0.29, 0.717) is 17.0 Å². The van der Waals surface area contributed by atoms with E-state index in [-0.39, 0.29) is 24.5 Å². The Kier molecular flexibility index (Phi) is 5.71. The third-order valence-electron chi connectivity index (χ3n) is 4.43. The molecule has 27 heavy (non-hydrogen) atoms. The van der Waals surface area contributed by atoms with Crippen LogP contribution in [-0.4, -0.2) is 42.6 Å². The number of halogens is 3. The van der Waals surface area contributed by atoms with Crippen LogP contribution in [0.1, 0.15) is 43.0 Å². The molecule has 11 heteroatoms. The predicted molar refractivity (Wildman–Crippen MR) is 88.0 cm³/mol. The molecule has 148 valence electrons. The standard InChI is InChI=1S/C16H20F3N5O3/c1-7(13(26)27)8(2)20-12(25)6-5-11-9(3)21-15-22-14(16(17,18)19)23-24(15)10(11)4/h7-8H,5-6H2,1-4H3,(H,20,25)(H,26,27). The Bertz CT molecular complexity index is 878. The zero-order valence-electron chi connectivity index (χ0n) is 15.3. The first kappa shape index (κ1) is 20.6. The lowest BCUT2D eigenvalue weighted by Crippen LogP contribution is -2.40. The Balaban J connectivity index is 2.17. The van der Waals surface area contributed by atoms with Crippen LogP contribution < -0.4 is 5.32 Å². The van der Waals surface area contributed by atoms with Crippen molar-refractivity contribution in [1.29, 1.82) is 0 Å². The highest BCUT2D eigenvalue weighted by molar-refractivity contribution is 5.78. The number of aromatic nitrogens is 4. The summed E-state index contributed by atoms with van der Waals surface area (Å²) in [4.78, 5) is 30.4. The molecular formula is C16H20F3N5O3. The largest absolute Gasteiger partial charge is 0.481 e. The first-order chi connectivity index (χ1) is 12.4. The van der Waals surface area contributed by atoms with Gasteiger partial charge in [0.25, 0.3) is 11.6 Å². The first-order valence-electron chi connectivity index (χ1n) is 8.24. The van der Waals surface area contributed by atoms with Gasteiger partial charge in [0.05, 0.1) is 5.92 Å². The summed E-state index contributed by atoms with van der Waals surface area (Å²) in [6.45, 7) is 6.29. The lowest BCUT2D eigenvalue weighted by atomic mass is 10.0. The van der Waals surface area contributed by atoms with Crippen LogP contribution in [0.4, 0.5) is 13.2 Å². The van der Waals surface area contributed by atoms with Crippen molar-refractivity contribution in [3.05, 3.63) is 22.8 Å². The molecule has 2 N–H and O–H groups in total. The molecule has 2 unspecified atom stereocenters. The summed E-state index contributed by atoms with van der Waals surface area (Å²) in [5.41, 5.74) is 1.47. The van der Waals surface area contributed by atoms with E-state index in [1.54, 1.807) is 20.8 Å². The average Bonchev–Trinajstić information content (AvgIpc) is 2.98. The molecule has 0 fully saturated rings. The van der Waals surface area contributed by atoms with E-state index in [1.807, 2.05) is 0 Å². The summed E-state index contributed by atoms with van der Waals surface area (Å²) in [5.74, 6) is -3.55. The first-order valence-corrected chi connectivity index (χ1v) is 8.24. The van der Waals surface area contributed by atoms with Crippen LogP contribution in [0.25, 0.3) is 5.78 Å². The van der Waals surface area contributed by atoms with Gasteiger partial charge in [0.2, 0.25) is 5.91 Å². The number of hydrogen-bond donors (Lipinski definition) is 2. The number of carbonyl (C=O) groups excluding carboxylic acids is 1. The van der Waals surface area contributed by atoms with Gasteiger partial charge in [-0.15, -0.1) is 5.10 Å². The number of aliphatic carboxylic acids is 1. The van der Waals surface area contributed by atoms with Crippen LogP contribution in [0.3, 0.4) is 0 Å². The molecular weight excluding hydrogens is 367 g/mol. The van der Waals surface area contributed by atoms with Gasteiger partial charge >= 0.3 is 12.1 Å². The van der Waals surface area contributed by atoms with Crippen molar-refractivity contribution in [3.63, 3.8) is 0 Å².